The molecule has 0 aromatic carbocycles. The van der Waals surface area contributed by atoms with Crippen LogP contribution < -0.4 is 9.47 Å². The Morgan fingerprint density at radius 1 is 1.32 bits per heavy atom. The van der Waals surface area contributed by atoms with E-state index in [1.807, 2.05) is 0 Å². The van der Waals surface area contributed by atoms with Crippen LogP contribution in [0.1, 0.15) is 44.7 Å². The predicted molar refractivity (Wildman–Crippen MR) is 93.5 cm³/mol. The number of aromatic nitrogens is 1. The molecular weight excluding hydrogens is 322 g/mol. The average Bonchev–Trinajstić information content (AvgIpc) is 2.55. The van der Waals surface area contributed by atoms with Crippen LogP contribution in [-0.4, -0.2) is 37.1 Å². The number of ketones is 1. The van der Waals surface area contributed by atoms with Crippen LogP contribution in [0, 0.1) is 5.92 Å². The number of pyridine rings is 1. The third kappa shape index (κ3) is 5.89. The van der Waals surface area contributed by atoms with E-state index in [-0.39, 0.29) is 17.7 Å². The van der Waals surface area contributed by atoms with Gasteiger partial charge in [0.05, 0.1) is 32.2 Å². The lowest BCUT2D eigenvalue weighted by Crippen LogP contribution is -2.19. The fraction of sp³-hybridized carbons (Fsp3) is 0.526. The van der Waals surface area contributed by atoms with E-state index < -0.39 is 0 Å². The Balaban J connectivity index is 1.90. The highest BCUT2D eigenvalue weighted by Crippen LogP contribution is 2.29. The second-order valence-corrected chi connectivity index (χ2v) is 5.88. The van der Waals surface area contributed by atoms with Gasteiger partial charge in [-0.1, -0.05) is 6.42 Å². The number of methoxy groups -OCH3 is 1. The molecule has 6 heteroatoms. The van der Waals surface area contributed by atoms with Crippen molar-refractivity contribution >= 4 is 17.8 Å². The van der Waals surface area contributed by atoms with E-state index in [9.17, 15) is 9.59 Å². The van der Waals surface area contributed by atoms with Gasteiger partial charge in [0.1, 0.15) is 0 Å². The highest BCUT2D eigenvalue weighted by Gasteiger charge is 2.22. The molecule has 1 fully saturated rings. The first-order valence-corrected chi connectivity index (χ1v) is 8.68. The third-order valence-electron chi connectivity index (χ3n) is 4.09. The Labute approximate surface area is 148 Å². The van der Waals surface area contributed by atoms with Gasteiger partial charge in [0.25, 0.3) is 0 Å². The minimum atomic E-state index is -0.231. The minimum absolute atomic E-state index is 0.153. The van der Waals surface area contributed by atoms with Gasteiger partial charge in [0, 0.05) is 18.4 Å². The second kappa shape index (κ2) is 9.81. The molecule has 0 saturated heterocycles. The molecule has 1 aliphatic carbocycles. The quantitative estimate of drug-likeness (QED) is 0.368. The van der Waals surface area contributed by atoms with Crippen molar-refractivity contribution in [1.82, 2.24) is 4.98 Å². The molecule has 1 aromatic heterocycles. The maximum Gasteiger partial charge on any atom is 0.305 e. The molecule has 1 heterocycles. The van der Waals surface area contributed by atoms with Crippen LogP contribution in [0.2, 0.25) is 0 Å². The van der Waals surface area contributed by atoms with Crippen LogP contribution in [-0.2, 0) is 14.3 Å². The van der Waals surface area contributed by atoms with Gasteiger partial charge in [0.2, 0.25) is 0 Å². The molecule has 6 nitrogen and oxygen atoms in total. The van der Waals surface area contributed by atoms with Crippen molar-refractivity contribution in [3.63, 3.8) is 0 Å². The molecule has 0 N–H and O–H groups in total. The summed E-state index contributed by atoms with van der Waals surface area (Å²) >= 11 is 0. The summed E-state index contributed by atoms with van der Waals surface area (Å²) in [5.74, 6) is 1.15. The van der Waals surface area contributed by atoms with Gasteiger partial charge in [-0.05, 0) is 38.3 Å². The van der Waals surface area contributed by atoms with E-state index in [0.717, 1.165) is 19.3 Å². The average molecular weight is 347 g/mol. The molecule has 0 bridgehead atoms. The minimum Gasteiger partial charge on any atom is -0.491 e. The van der Waals surface area contributed by atoms with E-state index in [2.05, 4.69) is 4.98 Å². The maximum atomic E-state index is 11.9. The molecule has 0 atom stereocenters. The number of ether oxygens (including phenoxy) is 3. The summed E-state index contributed by atoms with van der Waals surface area (Å²) in [7, 11) is 1.54. The summed E-state index contributed by atoms with van der Waals surface area (Å²) in [5, 5.41) is 0. The second-order valence-electron chi connectivity index (χ2n) is 5.88. The zero-order valence-electron chi connectivity index (χ0n) is 14.8. The van der Waals surface area contributed by atoms with Crippen LogP contribution in [0.4, 0.5) is 0 Å². The highest BCUT2D eigenvalue weighted by molar-refractivity contribution is 5.95. The van der Waals surface area contributed by atoms with E-state index in [1.165, 1.54) is 7.11 Å². The zero-order valence-corrected chi connectivity index (χ0v) is 14.8. The summed E-state index contributed by atoms with van der Waals surface area (Å²) in [5.41, 5.74) is 0.633. The number of allylic oxidation sites excluding steroid dienone is 1. The van der Waals surface area contributed by atoms with E-state index in [0.29, 0.717) is 43.2 Å². The van der Waals surface area contributed by atoms with E-state index in [1.54, 1.807) is 31.3 Å². The normalized spacial score (nSPS) is 14.2. The van der Waals surface area contributed by atoms with Crippen LogP contribution in [0.3, 0.4) is 0 Å². The molecule has 0 aliphatic heterocycles. The lowest BCUT2D eigenvalue weighted by Gasteiger charge is -2.21. The number of rotatable bonds is 10. The van der Waals surface area contributed by atoms with Crippen LogP contribution >= 0.6 is 0 Å². The zero-order chi connectivity index (χ0) is 18.1. The van der Waals surface area contributed by atoms with Gasteiger partial charge in [-0.15, -0.1) is 0 Å². The van der Waals surface area contributed by atoms with Gasteiger partial charge in [0.15, 0.2) is 17.3 Å². The third-order valence-corrected chi connectivity index (χ3v) is 4.09. The first-order valence-electron chi connectivity index (χ1n) is 8.68. The van der Waals surface area contributed by atoms with Crippen molar-refractivity contribution in [3.05, 3.63) is 24.0 Å². The van der Waals surface area contributed by atoms with Gasteiger partial charge in [-0.2, -0.15) is 0 Å². The van der Waals surface area contributed by atoms with Crippen molar-refractivity contribution in [3.8, 4) is 11.5 Å². The van der Waals surface area contributed by atoms with E-state index in [4.69, 9.17) is 14.2 Å². The lowest BCUT2D eigenvalue weighted by atomic mass is 9.82. The van der Waals surface area contributed by atoms with Crippen molar-refractivity contribution in [2.75, 3.05) is 20.3 Å². The smallest absolute Gasteiger partial charge is 0.305 e. The molecule has 0 unspecified atom stereocenters. The Morgan fingerprint density at radius 2 is 2.12 bits per heavy atom. The van der Waals surface area contributed by atoms with Gasteiger partial charge < -0.3 is 14.2 Å². The monoisotopic (exact) mass is 347 g/mol. The fourth-order valence-corrected chi connectivity index (χ4v) is 2.42. The first-order chi connectivity index (χ1) is 12.1. The van der Waals surface area contributed by atoms with Gasteiger partial charge in [-0.25, -0.2) is 0 Å². The Kier molecular flexibility index (Phi) is 7.44. The molecule has 0 radical (unpaired) electrons. The van der Waals surface area contributed by atoms with Gasteiger partial charge >= 0.3 is 5.97 Å². The van der Waals surface area contributed by atoms with Crippen LogP contribution in [0.25, 0.3) is 6.08 Å². The van der Waals surface area contributed by atoms with Crippen molar-refractivity contribution in [1.29, 1.82) is 0 Å². The van der Waals surface area contributed by atoms with Crippen molar-refractivity contribution < 1.29 is 23.8 Å². The molecule has 0 amide bonds. The summed E-state index contributed by atoms with van der Waals surface area (Å²) in [6, 6.07) is 1.73. The first kappa shape index (κ1) is 19.0. The molecule has 25 heavy (non-hydrogen) atoms. The molecule has 1 saturated carbocycles. The molecule has 2 rings (SSSR count). The number of hydrogen-bond acceptors (Lipinski definition) is 6. The summed E-state index contributed by atoms with van der Waals surface area (Å²) in [6.07, 6.45) is 8.80. The molecule has 1 aliphatic rings. The van der Waals surface area contributed by atoms with Crippen molar-refractivity contribution in [2.24, 2.45) is 5.92 Å². The molecule has 136 valence electrons. The number of hydrogen-bond donors (Lipinski definition) is 0. The Morgan fingerprint density at radius 3 is 2.76 bits per heavy atom. The number of nitrogens with zero attached hydrogens (tertiary/aromatic N) is 1. The summed E-state index contributed by atoms with van der Waals surface area (Å²) in [6.45, 7) is 2.53. The molecule has 0 spiro atoms. The highest BCUT2D eigenvalue weighted by atomic mass is 16.5. The molecular formula is C19H25NO5. The summed E-state index contributed by atoms with van der Waals surface area (Å²) < 4.78 is 15.8. The number of esters is 1. The van der Waals surface area contributed by atoms with E-state index >= 15 is 0 Å². The Hall–Kier alpha value is -2.37. The SMILES string of the molecule is CCOC(=O)CCCOc1cc(/C=C/C(=O)C2CCC2)ncc1OC. The predicted octanol–water partition coefficient (Wildman–Crippen LogP) is 3.19. The topological polar surface area (TPSA) is 74.7 Å². The largest absolute Gasteiger partial charge is 0.491 e. The summed E-state index contributed by atoms with van der Waals surface area (Å²) in [4.78, 5) is 27.5. The Bertz CT molecular complexity index is 622. The van der Waals surface area contributed by atoms with Gasteiger partial charge in [-0.3, -0.25) is 14.6 Å². The molecule has 1 aromatic rings. The fourth-order valence-electron chi connectivity index (χ4n) is 2.42. The lowest BCUT2D eigenvalue weighted by molar-refractivity contribution is -0.143. The van der Waals surface area contributed by atoms with Crippen molar-refractivity contribution in [2.45, 2.75) is 39.0 Å². The van der Waals surface area contributed by atoms with Crippen LogP contribution in [0.5, 0.6) is 11.5 Å². The maximum absolute atomic E-state index is 11.9. The number of carbonyl (C=O) groups excluding carboxylic acids is 2. The number of carbonyl (C=O) groups is 2. The standard InChI is InChI=1S/C19H25NO5/c1-3-24-19(22)8-5-11-25-17-12-15(20-13-18(17)23-2)9-10-16(21)14-6-4-7-14/h9-10,12-14H,3-8,11H2,1-2H3/b10-9+. The van der Waals surface area contributed by atoms with Crippen LogP contribution in [0.15, 0.2) is 18.3 Å².